The minimum atomic E-state index is 0.0188. The molecule has 3 heterocycles. The fourth-order valence-corrected chi connectivity index (χ4v) is 4.18. The minimum absolute atomic E-state index is 0.0188. The van der Waals surface area contributed by atoms with Crippen molar-refractivity contribution in [1.29, 1.82) is 0 Å². The number of hydrogen-bond acceptors (Lipinski definition) is 5. The number of hydrogen-bond donors (Lipinski definition) is 2. The summed E-state index contributed by atoms with van der Waals surface area (Å²) >= 11 is 0. The molecule has 1 aliphatic heterocycles. The number of carbonyl (C=O) groups excluding carboxylic acids is 1. The molecule has 1 saturated carbocycles. The molecule has 6 rings (SSSR count). The van der Waals surface area contributed by atoms with Crippen molar-refractivity contribution in [2.24, 2.45) is 0 Å². The molecule has 148 valence electrons. The molecule has 1 fully saturated rings. The predicted molar refractivity (Wildman–Crippen MR) is 113 cm³/mol. The monoisotopic (exact) mass is 397 g/mol. The van der Waals surface area contributed by atoms with Crippen LogP contribution in [0.2, 0.25) is 0 Å². The Kier molecular flexibility index (Phi) is 3.59. The molecule has 2 aromatic carbocycles. The van der Waals surface area contributed by atoms with Crippen molar-refractivity contribution in [1.82, 2.24) is 19.9 Å². The van der Waals surface area contributed by atoms with E-state index in [0.29, 0.717) is 17.9 Å². The fraction of sp³-hybridized carbons (Fsp3) is 0.174. The standard InChI is InChI=1S/C23H19N5O2/c1-30-15-7-4-13(5-8-15)16-3-2-10-28-21(16)26-23(27-28)24-14-6-9-17-18(11-14)19-12-20(19)25-22(17)29/h2-11,19-20H,12H2,1H3,(H,24,27)(H,25,29). The second kappa shape index (κ2) is 6.32. The number of nitrogens with one attached hydrogen (secondary N) is 2. The Balaban J connectivity index is 1.34. The Morgan fingerprint density at radius 1 is 1.13 bits per heavy atom. The lowest BCUT2D eigenvalue weighted by Crippen LogP contribution is -2.31. The van der Waals surface area contributed by atoms with E-state index in [0.717, 1.165) is 45.8 Å². The zero-order chi connectivity index (χ0) is 20.2. The number of fused-ring (bicyclic) bond motifs is 4. The van der Waals surface area contributed by atoms with Crippen LogP contribution in [0.4, 0.5) is 11.6 Å². The van der Waals surface area contributed by atoms with Gasteiger partial charge in [0.2, 0.25) is 5.95 Å². The topological polar surface area (TPSA) is 80.5 Å². The minimum Gasteiger partial charge on any atom is -0.497 e. The number of benzene rings is 2. The molecule has 0 bridgehead atoms. The number of ether oxygens (including phenoxy) is 1. The second-order valence-electron chi connectivity index (χ2n) is 7.70. The van der Waals surface area contributed by atoms with Crippen LogP contribution in [0.25, 0.3) is 16.8 Å². The van der Waals surface area contributed by atoms with Crippen molar-refractivity contribution in [3.63, 3.8) is 0 Å². The molecule has 2 aliphatic rings. The summed E-state index contributed by atoms with van der Waals surface area (Å²) in [4.78, 5) is 16.9. The number of nitrogens with zero attached hydrogens (tertiary/aromatic N) is 3. The van der Waals surface area contributed by atoms with Crippen molar-refractivity contribution in [2.45, 2.75) is 18.4 Å². The van der Waals surface area contributed by atoms with Crippen molar-refractivity contribution < 1.29 is 9.53 Å². The maximum atomic E-state index is 12.2. The molecule has 2 aromatic heterocycles. The van der Waals surface area contributed by atoms with Gasteiger partial charge < -0.3 is 15.4 Å². The molecule has 1 aliphatic carbocycles. The van der Waals surface area contributed by atoms with Crippen LogP contribution in [0.15, 0.2) is 60.8 Å². The molecule has 30 heavy (non-hydrogen) atoms. The molecule has 7 heteroatoms. The quantitative estimate of drug-likeness (QED) is 0.548. The van der Waals surface area contributed by atoms with E-state index in [1.807, 2.05) is 54.7 Å². The van der Waals surface area contributed by atoms with Crippen LogP contribution in [0.5, 0.6) is 5.75 Å². The van der Waals surface area contributed by atoms with E-state index in [1.54, 1.807) is 11.6 Å². The Hall–Kier alpha value is -3.87. The van der Waals surface area contributed by atoms with Gasteiger partial charge in [0, 0.05) is 35.0 Å². The van der Waals surface area contributed by atoms with Crippen LogP contribution in [-0.2, 0) is 0 Å². The van der Waals surface area contributed by atoms with E-state index in [-0.39, 0.29) is 5.91 Å². The average Bonchev–Trinajstić information content (AvgIpc) is 3.43. The maximum absolute atomic E-state index is 12.2. The lowest BCUT2D eigenvalue weighted by Gasteiger charge is -2.16. The molecule has 2 atom stereocenters. The van der Waals surface area contributed by atoms with Gasteiger partial charge >= 0.3 is 0 Å². The number of pyridine rings is 1. The van der Waals surface area contributed by atoms with Gasteiger partial charge in [0.25, 0.3) is 5.91 Å². The van der Waals surface area contributed by atoms with Crippen molar-refractivity contribution in [3.05, 3.63) is 71.9 Å². The summed E-state index contributed by atoms with van der Waals surface area (Å²) in [5.41, 5.74) is 5.56. The Bertz CT molecular complexity index is 1290. The highest BCUT2D eigenvalue weighted by Gasteiger charge is 2.45. The molecule has 4 aromatic rings. The van der Waals surface area contributed by atoms with Crippen LogP contribution in [0.1, 0.15) is 28.3 Å². The van der Waals surface area contributed by atoms with Crippen molar-refractivity contribution in [3.8, 4) is 16.9 Å². The van der Waals surface area contributed by atoms with Crippen LogP contribution in [-0.4, -0.2) is 33.7 Å². The first-order chi connectivity index (χ1) is 14.7. The van der Waals surface area contributed by atoms with Crippen LogP contribution in [0.3, 0.4) is 0 Å². The van der Waals surface area contributed by atoms with E-state index >= 15 is 0 Å². The van der Waals surface area contributed by atoms with Gasteiger partial charge in [0.1, 0.15) is 5.75 Å². The number of anilines is 2. The lowest BCUT2D eigenvalue weighted by atomic mass is 9.99. The highest BCUT2D eigenvalue weighted by molar-refractivity contribution is 5.98. The highest BCUT2D eigenvalue weighted by atomic mass is 16.5. The van der Waals surface area contributed by atoms with Crippen LogP contribution < -0.4 is 15.4 Å². The van der Waals surface area contributed by atoms with Crippen molar-refractivity contribution >= 4 is 23.2 Å². The Morgan fingerprint density at radius 2 is 2.00 bits per heavy atom. The molecule has 0 saturated heterocycles. The van der Waals surface area contributed by atoms with Gasteiger partial charge in [-0.2, -0.15) is 4.98 Å². The number of methoxy groups -OCH3 is 1. The first-order valence-electron chi connectivity index (χ1n) is 9.91. The summed E-state index contributed by atoms with van der Waals surface area (Å²) in [6, 6.07) is 18.0. The van der Waals surface area contributed by atoms with Crippen LogP contribution in [0, 0.1) is 0 Å². The smallest absolute Gasteiger partial charge is 0.251 e. The second-order valence-corrected chi connectivity index (χ2v) is 7.70. The summed E-state index contributed by atoms with van der Waals surface area (Å²) in [6.45, 7) is 0. The normalized spacial score (nSPS) is 19.0. The Morgan fingerprint density at radius 3 is 2.83 bits per heavy atom. The maximum Gasteiger partial charge on any atom is 0.251 e. The number of rotatable bonds is 4. The summed E-state index contributed by atoms with van der Waals surface area (Å²) in [7, 11) is 1.66. The van der Waals surface area contributed by atoms with Gasteiger partial charge in [0.05, 0.1) is 7.11 Å². The average molecular weight is 397 g/mol. The summed E-state index contributed by atoms with van der Waals surface area (Å²) in [6.07, 6.45) is 2.90. The molecular weight excluding hydrogens is 378 g/mol. The Labute approximate surface area is 172 Å². The number of amides is 1. The van der Waals surface area contributed by atoms with E-state index in [1.165, 1.54) is 0 Å². The van der Waals surface area contributed by atoms with Gasteiger partial charge in [-0.3, -0.25) is 4.79 Å². The highest BCUT2D eigenvalue weighted by Crippen LogP contribution is 2.46. The lowest BCUT2D eigenvalue weighted by molar-refractivity contribution is 0.0944. The molecule has 0 radical (unpaired) electrons. The zero-order valence-electron chi connectivity index (χ0n) is 16.3. The first kappa shape index (κ1) is 17.0. The van der Waals surface area contributed by atoms with Crippen molar-refractivity contribution in [2.75, 3.05) is 12.4 Å². The van der Waals surface area contributed by atoms with Gasteiger partial charge in [0.15, 0.2) is 5.65 Å². The summed E-state index contributed by atoms with van der Waals surface area (Å²) < 4.78 is 7.02. The first-order valence-corrected chi connectivity index (χ1v) is 9.91. The molecular formula is C23H19N5O2. The predicted octanol–water partition coefficient (Wildman–Crippen LogP) is 3.75. The summed E-state index contributed by atoms with van der Waals surface area (Å²) in [5, 5.41) is 10.9. The number of aromatic nitrogens is 3. The third-order valence-electron chi connectivity index (χ3n) is 5.82. The third-order valence-corrected chi connectivity index (χ3v) is 5.82. The molecule has 2 unspecified atom stereocenters. The SMILES string of the molecule is COc1ccc(-c2cccn3nc(Nc4ccc5c(c4)C4CC4NC5=O)nc23)cc1. The molecule has 2 N–H and O–H groups in total. The third kappa shape index (κ3) is 2.70. The molecule has 7 nitrogen and oxygen atoms in total. The van der Waals surface area contributed by atoms with E-state index in [4.69, 9.17) is 9.72 Å². The largest absolute Gasteiger partial charge is 0.497 e. The van der Waals surface area contributed by atoms with E-state index < -0.39 is 0 Å². The summed E-state index contributed by atoms with van der Waals surface area (Å²) in [5.74, 6) is 1.78. The molecule has 1 amide bonds. The van der Waals surface area contributed by atoms with Gasteiger partial charge in [-0.15, -0.1) is 5.10 Å². The molecule has 0 spiro atoms. The van der Waals surface area contributed by atoms with Gasteiger partial charge in [-0.1, -0.05) is 12.1 Å². The van der Waals surface area contributed by atoms with E-state index in [2.05, 4.69) is 21.8 Å². The van der Waals surface area contributed by atoms with E-state index in [9.17, 15) is 4.79 Å². The van der Waals surface area contributed by atoms with Gasteiger partial charge in [-0.25, -0.2) is 4.52 Å². The number of carbonyl (C=O) groups is 1. The zero-order valence-corrected chi connectivity index (χ0v) is 16.3. The van der Waals surface area contributed by atoms with Gasteiger partial charge in [-0.05, 0) is 60.0 Å². The van der Waals surface area contributed by atoms with Crippen LogP contribution >= 0.6 is 0 Å². The fourth-order valence-electron chi connectivity index (χ4n) is 4.18.